The predicted molar refractivity (Wildman–Crippen MR) is 77.2 cm³/mol. The van der Waals surface area contributed by atoms with Gasteiger partial charge in [0.25, 0.3) is 5.69 Å². The number of benzene rings is 1. The van der Waals surface area contributed by atoms with Crippen molar-refractivity contribution in [3.63, 3.8) is 0 Å². The van der Waals surface area contributed by atoms with Crippen LogP contribution < -0.4 is 0 Å². The summed E-state index contributed by atoms with van der Waals surface area (Å²) in [6, 6.07) is 4.72. The maximum atomic E-state index is 10.7. The van der Waals surface area contributed by atoms with Crippen molar-refractivity contribution in [2.45, 2.75) is 15.6 Å². The van der Waals surface area contributed by atoms with Crippen LogP contribution in [-0.4, -0.2) is 14.9 Å². The Bertz CT molecular complexity index is 765. The molecule has 0 bridgehead atoms. The number of nitro groups is 1. The monoisotopic (exact) mass is 309 g/mol. The molecule has 0 saturated carbocycles. The lowest BCUT2D eigenvalue weighted by Gasteiger charge is -1.88. The standard InChI is InChI=1S/C11H7N3O2S3/c1-6-5-17-10(12-6)19-11-13-8-3-2-7(14(15)16)4-9(8)18-11/h2-5H,1H3. The Kier molecular flexibility index (Phi) is 3.21. The van der Waals surface area contributed by atoms with Crippen LogP contribution in [0.3, 0.4) is 0 Å². The van der Waals surface area contributed by atoms with Crippen LogP contribution in [-0.2, 0) is 0 Å². The molecule has 1 aromatic carbocycles. The molecule has 0 N–H and O–H groups in total. The van der Waals surface area contributed by atoms with E-state index in [0.29, 0.717) is 0 Å². The number of aromatic nitrogens is 2. The summed E-state index contributed by atoms with van der Waals surface area (Å²) in [4.78, 5) is 19.1. The van der Waals surface area contributed by atoms with E-state index in [-0.39, 0.29) is 5.69 Å². The van der Waals surface area contributed by atoms with Gasteiger partial charge in [0.15, 0.2) is 8.68 Å². The minimum absolute atomic E-state index is 0.0952. The van der Waals surface area contributed by atoms with Gasteiger partial charge in [-0.15, -0.1) is 22.7 Å². The molecule has 0 radical (unpaired) electrons. The van der Waals surface area contributed by atoms with E-state index in [1.807, 2.05) is 12.3 Å². The molecule has 2 aromatic heterocycles. The van der Waals surface area contributed by atoms with Crippen LogP contribution in [0.4, 0.5) is 5.69 Å². The number of nitro benzene ring substituents is 1. The van der Waals surface area contributed by atoms with Crippen molar-refractivity contribution >= 4 is 50.3 Å². The summed E-state index contributed by atoms with van der Waals surface area (Å²) in [6.45, 7) is 1.95. The molecule has 5 nitrogen and oxygen atoms in total. The van der Waals surface area contributed by atoms with Crippen LogP contribution in [0.5, 0.6) is 0 Å². The van der Waals surface area contributed by atoms with E-state index < -0.39 is 4.92 Å². The zero-order chi connectivity index (χ0) is 13.4. The first kappa shape index (κ1) is 12.5. The Morgan fingerprint density at radius 2 is 2.16 bits per heavy atom. The van der Waals surface area contributed by atoms with Crippen LogP contribution in [0.2, 0.25) is 0 Å². The first-order chi connectivity index (χ1) is 9.11. The Morgan fingerprint density at radius 1 is 1.32 bits per heavy atom. The van der Waals surface area contributed by atoms with Gasteiger partial charge in [-0.3, -0.25) is 10.1 Å². The third-order valence-corrected chi connectivity index (χ3v) is 5.47. The summed E-state index contributed by atoms with van der Waals surface area (Å²) in [6.07, 6.45) is 0. The Morgan fingerprint density at radius 3 is 2.84 bits per heavy atom. The maximum absolute atomic E-state index is 10.7. The fourth-order valence-corrected chi connectivity index (χ4v) is 4.64. The Hall–Kier alpha value is -1.51. The number of hydrogen-bond acceptors (Lipinski definition) is 7. The maximum Gasteiger partial charge on any atom is 0.270 e. The number of fused-ring (bicyclic) bond motifs is 1. The Balaban J connectivity index is 1.95. The normalized spacial score (nSPS) is 11.0. The SMILES string of the molecule is Cc1csc(Sc2nc3ccc([N+](=O)[O-])cc3s2)n1. The molecule has 8 heteroatoms. The molecule has 0 atom stereocenters. The van der Waals surface area contributed by atoms with Crippen molar-refractivity contribution < 1.29 is 4.92 Å². The summed E-state index contributed by atoms with van der Waals surface area (Å²) in [5.41, 5.74) is 1.87. The molecule has 19 heavy (non-hydrogen) atoms. The highest BCUT2D eigenvalue weighted by Crippen LogP contribution is 2.36. The number of hydrogen-bond donors (Lipinski definition) is 0. The second kappa shape index (κ2) is 4.87. The molecule has 0 aliphatic rings. The van der Waals surface area contributed by atoms with Gasteiger partial charge in [0.2, 0.25) is 0 Å². The zero-order valence-electron chi connectivity index (χ0n) is 9.69. The summed E-state index contributed by atoms with van der Waals surface area (Å²) >= 11 is 4.51. The molecule has 96 valence electrons. The second-order valence-corrected chi connectivity index (χ2v) is 7.13. The predicted octanol–water partition coefficient (Wildman–Crippen LogP) is 4.12. The van der Waals surface area contributed by atoms with Crippen LogP contribution in [0.15, 0.2) is 32.3 Å². The lowest BCUT2D eigenvalue weighted by molar-refractivity contribution is -0.384. The fraction of sp³-hybridized carbons (Fsp3) is 0.0909. The van der Waals surface area contributed by atoms with Crippen molar-refractivity contribution in [3.8, 4) is 0 Å². The van der Waals surface area contributed by atoms with Gasteiger partial charge in [0.1, 0.15) is 0 Å². The van der Waals surface area contributed by atoms with E-state index >= 15 is 0 Å². The summed E-state index contributed by atoms with van der Waals surface area (Å²) in [5, 5.41) is 12.7. The van der Waals surface area contributed by atoms with Crippen molar-refractivity contribution in [1.29, 1.82) is 0 Å². The van der Waals surface area contributed by atoms with E-state index in [0.717, 1.165) is 24.6 Å². The van der Waals surface area contributed by atoms with Crippen molar-refractivity contribution in [2.75, 3.05) is 0 Å². The van der Waals surface area contributed by atoms with Gasteiger partial charge in [-0.25, -0.2) is 9.97 Å². The smallest absolute Gasteiger partial charge is 0.258 e. The molecule has 3 rings (SSSR count). The molecule has 0 amide bonds. The summed E-state index contributed by atoms with van der Waals surface area (Å²) < 4.78 is 2.61. The molecular formula is C11H7N3O2S3. The third-order valence-electron chi connectivity index (χ3n) is 2.34. The van der Waals surface area contributed by atoms with Gasteiger partial charge in [-0.1, -0.05) is 0 Å². The Labute approximate surface area is 120 Å². The van der Waals surface area contributed by atoms with Gasteiger partial charge >= 0.3 is 0 Å². The zero-order valence-corrected chi connectivity index (χ0v) is 12.1. The van der Waals surface area contributed by atoms with Crippen LogP contribution in [0, 0.1) is 17.0 Å². The van der Waals surface area contributed by atoms with Crippen LogP contribution in [0.1, 0.15) is 5.69 Å². The minimum atomic E-state index is -0.393. The van der Waals surface area contributed by atoms with Gasteiger partial charge in [-0.05, 0) is 24.8 Å². The van der Waals surface area contributed by atoms with E-state index in [1.54, 1.807) is 23.5 Å². The van der Waals surface area contributed by atoms with E-state index in [4.69, 9.17) is 0 Å². The van der Waals surface area contributed by atoms with E-state index in [2.05, 4.69) is 9.97 Å². The molecule has 0 saturated heterocycles. The average Bonchev–Trinajstić information content (AvgIpc) is 2.94. The molecule has 0 fully saturated rings. The lowest BCUT2D eigenvalue weighted by Crippen LogP contribution is -1.85. The molecule has 0 unspecified atom stereocenters. The number of thiazole rings is 2. The molecule has 0 aliphatic carbocycles. The number of rotatable bonds is 3. The number of nitrogens with zero attached hydrogens (tertiary/aromatic N) is 3. The van der Waals surface area contributed by atoms with Crippen molar-refractivity contribution in [1.82, 2.24) is 9.97 Å². The highest BCUT2D eigenvalue weighted by molar-refractivity contribution is 8.02. The highest BCUT2D eigenvalue weighted by atomic mass is 32.2. The van der Waals surface area contributed by atoms with Gasteiger partial charge in [-0.2, -0.15) is 0 Å². The topological polar surface area (TPSA) is 68.9 Å². The highest BCUT2D eigenvalue weighted by Gasteiger charge is 2.12. The minimum Gasteiger partial charge on any atom is -0.258 e. The lowest BCUT2D eigenvalue weighted by atomic mass is 10.3. The van der Waals surface area contributed by atoms with E-state index in [1.165, 1.54) is 29.2 Å². The number of non-ortho nitro benzene ring substituents is 1. The molecular weight excluding hydrogens is 302 g/mol. The first-order valence-corrected chi connectivity index (χ1v) is 7.78. The summed E-state index contributed by atoms with van der Waals surface area (Å²) in [7, 11) is 0. The third kappa shape index (κ3) is 2.60. The van der Waals surface area contributed by atoms with Crippen LogP contribution in [0.25, 0.3) is 10.2 Å². The van der Waals surface area contributed by atoms with Gasteiger partial charge in [0.05, 0.1) is 15.1 Å². The van der Waals surface area contributed by atoms with Crippen molar-refractivity contribution in [3.05, 3.63) is 39.4 Å². The second-order valence-electron chi connectivity index (χ2n) is 3.75. The largest absolute Gasteiger partial charge is 0.270 e. The molecule has 2 heterocycles. The molecule has 3 aromatic rings. The van der Waals surface area contributed by atoms with Crippen molar-refractivity contribution in [2.24, 2.45) is 0 Å². The summed E-state index contributed by atoms with van der Waals surface area (Å²) in [5.74, 6) is 0. The van der Waals surface area contributed by atoms with E-state index in [9.17, 15) is 10.1 Å². The molecule has 0 aliphatic heterocycles. The first-order valence-electron chi connectivity index (χ1n) is 5.27. The average molecular weight is 309 g/mol. The van der Waals surface area contributed by atoms with Crippen LogP contribution >= 0.6 is 34.4 Å². The van der Waals surface area contributed by atoms with Gasteiger partial charge < -0.3 is 0 Å². The molecule has 0 spiro atoms. The fourth-order valence-electron chi connectivity index (χ4n) is 1.50. The number of aryl methyl sites for hydroxylation is 1. The van der Waals surface area contributed by atoms with Gasteiger partial charge in [0, 0.05) is 23.2 Å². The quantitative estimate of drug-likeness (QED) is 0.537.